The number of hydrogen-bond donors (Lipinski definition) is 0. The summed E-state index contributed by atoms with van der Waals surface area (Å²) in [5, 5.41) is 0. The van der Waals surface area contributed by atoms with Gasteiger partial charge >= 0.3 is 12.1 Å². The summed E-state index contributed by atoms with van der Waals surface area (Å²) in [4.78, 5) is 25.6. The molecule has 5 heteroatoms. The Balaban J connectivity index is 2.08. The Morgan fingerprint density at radius 3 is 2.64 bits per heavy atom. The van der Waals surface area contributed by atoms with Crippen LogP contribution in [0.5, 0.6) is 0 Å². The molecule has 0 N–H and O–H groups in total. The van der Waals surface area contributed by atoms with Gasteiger partial charge in [0.2, 0.25) is 0 Å². The molecule has 1 amide bonds. The van der Waals surface area contributed by atoms with Gasteiger partial charge in [-0.15, -0.1) is 0 Å². The summed E-state index contributed by atoms with van der Waals surface area (Å²) in [6.45, 7) is 5.03. The van der Waals surface area contributed by atoms with Gasteiger partial charge in [0.1, 0.15) is 12.2 Å². The van der Waals surface area contributed by atoms with Crippen LogP contribution in [0.1, 0.15) is 29.1 Å². The van der Waals surface area contributed by atoms with Crippen LogP contribution in [-0.2, 0) is 20.9 Å². The molecule has 1 atom stereocenters. The van der Waals surface area contributed by atoms with Gasteiger partial charge < -0.3 is 9.47 Å². The van der Waals surface area contributed by atoms with Gasteiger partial charge in [0.05, 0.1) is 2.74 Å². The van der Waals surface area contributed by atoms with Crippen molar-refractivity contribution in [3.8, 4) is 0 Å². The summed E-state index contributed by atoms with van der Waals surface area (Å²) < 4.78 is 26.1. The summed E-state index contributed by atoms with van der Waals surface area (Å²) in [5.41, 5.74) is 0.0667. The van der Waals surface area contributed by atoms with Crippen molar-refractivity contribution < 1.29 is 21.8 Å². The van der Waals surface area contributed by atoms with Crippen LogP contribution in [0.4, 0.5) is 4.79 Å². The fourth-order valence-corrected chi connectivity index (χ4v) is 1.88. The van der Waals surface area contributed by atoms with Gasteiger partial charge in [-0.1, -0.05) is 42.4 Å². The molecule has 0 aromatic heterocycles. The molecule has 22 heavy (non-hydrogen) atoms. The average molecular weight is 305 g/mol. The highest BCUT2D eigenvalue weighted by Crippen LogP contribution is 2.17. The molecule has 1 aromatic carbocycles. The van der Waals surface area contributed by atoms with E-state index < -0.39 is 23.7 Å². The van der Waals surface area contributed by atoms with E-state index >= 15 is 0 Å². The van der Waals surface area contributed by atoms with Gasteiger partial charge in [0.15, 0.2) is 6.04 Å². The molecule has 0 radical (unpaired) electrons. The maximum atomic E-state index is 12.3. The zero-order valence-corrected chi connectivity index (χ0v) is 13.0. The number of benzene rings is 1. The van der Waals surface area contributed by atoms with Crippen LogP contribution in [0.15, 0.2) is 42.4 Å². The van der Waals surface area contributed by atoms with Crippen LogP contribution < -0.4 is 0 Å². The quantitative estimate of drug-likeness (QED) is 0.636. The van der Waals surface area contributed by atoms with Crippen molar-refractivity contribution in [1.82, 2.24) is 4.90 Å². The second-order valence-corrected chi connectivity index (χ2v) is 5.93. The first-order valence-corrected chi connectivity index (χ1v) is 7.05. The van der Waals surface area contributed by atoms with E-state index in [9.17, 15) is 9.59 Å². The highest BCUT2D eigenvalue weighted by atomic mass is 16.6. The first-order valence-electron chi connectivity index (χ1n) is 8.05. The third kappa shape index (κ3) is 4.35. The second-order valence-electron chi connectivity index (χ2n) is 5.93. The number of carbonyl (C=O) groups is 2. The Labute approximate surface area is 133 Å². The lowest BCUT2D eigenvalue weighted by molar-refractivity contribution is -0.148. The van der Waals surface area contributed by atoms with E-state index in [1.165, 1.54) is 0 Å². The van der Waals surface area contributed by atoms with E-state index in [4.69, 9.17) is 12.2 Å². The molecule has 0 spiro atoms. The van der Waals surface area contributed by atoms with Crippen molar-refractivity contribution >= 4 is 12.1 Å². The van der Waals surface area contributed by atoms with Crippen LogP contribution >= 0.6 is 0 Å². The fourth-order valence-electron chi connectivity index (χ4n) is 1.88. The Morgan fingerprint density at radius 2 is 2.00 bits per heavy atom. The molecule has 0 saturated carbocycles. The van der Waals surface area contributed by atoms with E-state index in [0.717, 1.165) is 10.5 Å². The predicted molar refractivity (Wildman–Crippen MR) is 82.1 cm³/mol. The summed E-state index contributed by atoms with van der Waals surface area (Å²) in [6, 6.07) is 7.54. The van der Waals surface area contributed by atoms with Gasteiger partial charge in [-0.25, -0.2) is 9.59 Å². The van der Waals surface area contributed by atoms with Gasteiger partial charge in [-0.2, -0.15) is 0 Å². The first kappa shape index (κ1) is 13.4. The largest absolute Gasteiger partial charge is 0.459 e. The third-order valence-electron chi connectivity index (χ3n) is 2.88. The Morgan fingerprint density at radius 1 is 1.32 bits per heavy atom. The second kappa shape index (κ2) is 6.64. The van der Waals surface area contributed by atoms with Crippen molar-refractivity contribution in [2.45, 2.75) is 39.0 Å². The molecule has 1 aliphatic rings. The molecule has 5 nitrogen and oxygen atoms in total. The van der Waals surface area contributed by atoms with Gasteiger partial charge in [-0.3, -0.25) is 4.90 Å². The van der Waals surface area contributed by atoms with Crippen LogP contribution in [0.25, 0.3) is 0 Å². The van der Waals surface area contributed by atoms with Crippen LogP contribution in [0, 0.1) is 0 Å². The van der Waals surface area contributed by atoms with Crippen LogP contribution in [-0.4, -0.2) is 35.2 Å². The van der Waals surface area contributed by atoms with E-state index in [1.54, 1.807) is 32.9 Å². The van der Waals surface area contributed by atoms with Crippen molar-refractivity contribution in [3.63, 3.8) is 0 Å². The Kier molecular flexibility index (Phi) is 4.04. The molecular weight excluding hydrogens is 282 g/mol. The lowest BCUT2D eigenvalue weighted by Gasteiger charge is -2.27. The number of rotatable bonds is 3. The molecule has 118 valence electrons. The highest BCUT2D eigenvalue weighted by molar-refractivity contribution is 5.84. The zero-order valence-electron chi connectivity index (χ0n) is 15.0. The number of esters is 1. The van der Waals surface area contributed by atoms with Crippen molar-refractivity contribution in [2.24, 2.45) is 0 Å². The lowest BCUT2D eigenvalue weighted by Crippen LogP contribution is -2.44. The molecule has 1 aromatic rings. The van der Waals surface area contributed by atoms with Crippen LogP contribution in [0.3, 0.4) is 0 Å². The minimum Gasteiger partial charge on any atom is -0.459 e. The van der Waals surface area contributed by atoms with Gasteiger partial charge in [0, 0.05) is 6.54 Å². The lowest BCUT2D eigenvalue weighted by atomic mass is 10.2. The van der Waals surface area contributed by atoms with E-state index in [-0.39, 0.29) is 25.3 Å². The van der Waals surface area contributed by atoms with Gasteiger partial charge in [-0.05, 0) is 26.3 Å². The standard InChI is InChI=1S/C17H21NO4/c1-17(2,3)22-16(20)18-11-7-10-14(18)15(19)21-12-13-8-5-4-6-9-13/h4-10,14H,11-12H2,1-3H3/i7D,10D. The summed E-state index contributed by atoms with van der Waals surface area (Å²) in [7, 11) is 0. The monoisotopic (exact) mass is 305 g/mol. The van der Waals surface area contributed by atoms with Gasteiger partial charge in [0.25, 0.3) is 0 Å². The summed E-state index contributed by atoms with van der Waals surface area (Å²) in [5.74, 6) is -0.739. The minimum absolute atomic E-state index is 0.0406. The Hall–Kier alpha value is -2.30. The highest BCUT2D eigenvalue weighted by Gasteiger charge is 2.34. The molecular formula is C17H21NO4. The molecule has 1 heterocycles. The van der Waals surface area contributed by atoms with Crippen molar-refractivity contribution in [1.29, 1.82) is 0 Å². The summed E-state index contributed by atoms with van der Waals surface area (Å²) in [6.07, 6.45) is -0.740. The smallest absolute Gasteiger partial charge is 0.411 e. The van der Waals surface area contributed by atoms with Crippen molar-refractivity contribution in [2.75, 3.05) is 6.54 Å². The van der Waals surface area contributed by atoms with E-state index in [0.29, 0.717) is 0 Å². The normalized spacial score (nSPS) is 19.6. The molecule has 1 aliphatic heterocycles. The van der Waals surface area contributed by atoms with E-state index in [2.05, 4.69) is 0 Å². The molecule has 0 saturated heterocycles. The maximum Gasteiger partial charge on any atom is 0.411 e. The predicted octanol–water partition coefficient (Wildman–Crippen LogP) is 2.91. The van der Waals surface area contributed by atoms with E-state index in [1.807, 2.05) is 18.2 Å². The number of carbonyl (C=O) groups excluding carboxylic acids is 2. The molecule has 0 bridgehead atoms. The number of amides is 1. The molecule has 2 rings (SSSR count). The van der Waals surface area contributed by atoms with Crippen molar-refractivity contribution in [3.05, 3.63) is 48.0 Å². The first-order chi connectivity index (χ1) is 11.2. The summed E-state index contributed by atoms with van der Waals surface area (Å²) >= 11 is 0. The SMILES string of the molecule is [2H]C1=C([2H])C(C(=O)OCc2ccccc2)N(C(=O)OC(C)(C)C)C1. The molecule has 1 unspecified atom stereocenters. The maximum absolute atomic E-state index is 12.3. The number of ether oxygens (including phenoxy) is 2. The average Bonchev–Trinajstić information content (AvgIpc) is 2.80. The third-order valence-corrected chi connectivity index (χ3v) is 2.88. The fraction of sp³-hybridized carbons (Fsp3) is 0.412. The molecule has 0 fully saturated rings. The molecule has 0 aliphatic carbocycles. The topological polar surface area (TPSA) is 55.8 Å². The number of hydrogen-bond acceptors (Lipinski definition) is 4. The Bertz CT molecular complexity index is 652. The van der Waals surface area contributed by atoms with Crippen LogP contribution in [0.2, 0.25) is 0 Å². The zero-order chi connectivity index (χ0) is 17.9. The number of nitrogens with zero attached hydrogens (tertiary/aromatic N) is 1. The minimum atomic E-state index is -1.24.